The van der Waals surface area contributed by atoms with Gasteiger partial charge in [-0.25, -0.2) is 0 Å². The highest BCUT2D eigenvalue weighted by atomic mass is 35.5. The van der Waals surface area contributed by atoms with E-state index in [-0.39, 0.29) is 5.57 Å². The number of nitrogens with zero attached hydrogens (tertiary/aromatic N) is 4. The summed E-state index contributed by atoms with van der Waals surface area (Å²) in [5.41, 5.74) is 1.13. The average Bonchev–Trinajstić information content (AvgIpc) is 2.96. The van der Waals surface area contributed by atoms with E-state index in [1.54, 1.807) is 23.9 Å². The van der Waals surface area contributed by atoms with Crippen molar-refractivity contribution in [1.29, 1.82) is 10.5 Å². The predicted molar refractivity (Wildman–Crippen MR) is 83.9 cm³/mol. The summed E-state index contributed by atoms with van der Waals surface area (Å²) in [4.78, 5) is 0. The second-order valence-corrected chi connectivity index (χ2v) is 6.35. The fraction of sp³-hybridized carbons (Fsp3) is 0.0769. The summed E-state index contributed by atoms with van der Waals surface area (Å²) in [5, 5.41) is 29.2. The van der Waals surface area contributed by atoms with Gasteiger partial charge in [0.25, 0.3) is 0 Å². The largest absolute Gasteiger partial charge is 0.335 e. The number of benzene rings is 1. The Morgan fingerprint density at radius 1 is 1.29 bits per heavy atom. The Labute approximate surface area is 134 Å². The van der Waals surface area contributed by atoms with Crippen molar-refractivity contribution in [2.24, 2.45) is 0 Å². The van der Waals surface area contributed by atoms with E-state index in [2.05, 4.69) is 15.5 Å². The minimum absolute atomic E-state index is 0.0134. The van der Waals surface area contributed by atoms with Crippen LogP contribution < -0.4 is 5.32 Å². The van der Waals surface area contributed by atoms with Crippen LogP contribution in [-0.2, 0) is 5.75 Å². The number of aromatic nitrogens is 2. The predicted octanol–water partition coefficient (Wildman–Crippen LogP) is 3.83. The third-order valence-corrected chi connectivity index (χ3v) is 4.57. The fourth-order valence-corrected chi connectivity index (χ4v) is 3.08. The van der Waals surface area contributed by atoms with Crippen molar-refractivity contribution in [2.75, 3.05) is 5.32 Å². The summed E-state index contributed by atoms with van der Waals surface area (Å²) in [6.07, 6.45) is 1.31. The first-order valence-corrected chi connectivity index (χ1v) is 7.87. The molecule has 21 heavy (non-hydrogen) atoms. The molecular formula is C13H8ClN5S2. The highest BCUT2D eigenvalue weighted by molar-refractivity contribution is 8.00. The van der Waals surface area contributed by atoms with Crippen LogP contribution in [0.4, 0.5) is 5.13 Å². The van der Waals surface area contributed by atoms with Gasteiger partial charge in [0.15, 0.2) is 4.34 Å². The van der Waals surface area contributed by atoms with Gasteiger partial charge in [-0.1, -0.05) is 46.8 Å². The molecule has 0 aliphatic rings. The molecule has 1 aromatic heterocycles. The maximum Gasteiger partial charge on any atom is 0.210 e. The van der Waals surface area contributed by atoms with Crippen LogP contribution in [0.25, 0.3) is 0 Å². The molecule has 5 nitrogen and oxygen atoms in total. The van der Waals surface area contributed by atoms with Crippen LogP contribution in [-0.4, -0.2) is 10.2 Å². The van der Waals surface area contributed by atoms with Crippen LogP contribution in [0.1, 0.15) is 5.56 Å². The van der Waals surface area contributed by atoms with Crippen LogP contribution in [0, 0.1) is 22.7 Å². The number of anilines is 1. The standard InChI is InChI=1S/C13H8ClN5S2/c14-11-3-1-9(2-4-11)8-20-13-19-18-12(21-13)17-7-10(5-15)6-16/h1-4,7H,8H2,(H,17,18). The molecule has 0 unspecified atom stereocenters. The Kier molecular flexibility index (Phi) is 5.59. The van der Waals surface area contributed by atoms with Gasteiger partial charge in [-0.2, -0.15) is 10.5 Å². The summed E-state index contributed by atoms with van der Waals surface area (Å²) >= 11 is 8.75. The smallest absolute Gasteiger partial charge is 0.210 e. The highest BCUT2D eigenvalue weighted by Crippen LogP contribution is 2.28. The van der Waals surface area contributed by atoms with Crippen LogP contribution in [0.5, 0.6) is 0 Å². The molecule has 0 bridgehead atoms. The van der Waals surface area contributed by atoms with Crippen LogP contribution in [0.2, 0.25) is 5.02 Å². The van der Waals surface area contributed by atoms with E-state index in [0.717, 1.165) is 15.7 Å². The van der Waals surface area contributed by atoms with E-state index in [0.29, 0.717) is 10.2 Å². The maximum absolute atomic E-state index is 8.61. The lowest BCUT2D eigenvalue weighted by Gasteiger charge is -1.98. The summed E-state index contributed by atoms with van der Waals surface area (Å²) in [5.74, 6) is 0.767. The van der Waals surface area contributed by atoms with Gasteiger partial charge in [0.2, 0.25) is 5.13 Å². The molecule has 2 aromatic rings. The molecule has 1 N–H and O–H groups in total. The Morgan fingerprint density at radius 3 is 2.67 bits per heavy atom. The lowest BCUT2D eigenvalue weighted by Crippen LogP contribution is -1.88. The van der Waals surface area contributed by atoms with Crippen molar-refractivity contribution in [3.8, 4) is 12.1 Å². The SMILES string of the molecule is N#CC(C#N)=CNc1nnc(SCc2ccc(Cl)cc2)s1. The summed E-state index contributed by atoms with van der Waals surface area (Å²) in [6, 6.07) is 11.1. The second-order valence-electron chi connectivity index (χ2n) is 3.71. The summed E-state index contributed by atoms with van der Waals surface area (Å²) in [7, 11) is 0. The molecule has 0 spiro atoms. The van der Waals surface area contributed by atoms with Gasteiger partial charge < -0.3 is 5.32 Å². The van der Waals surface area contributed by atoms with Gasteiger partial charge >= 0.3 is 0 Å². The zero-order chi connectivity index (χ0) is 15.1. The molecule has 1 aromatic carbocycles. The quantitative estimate of drug-likeness (QED) is 0.661. The van der Waals surface area contributed by atoms with Crippen molar-refractivity contribution in [3.05, 3.63) is 46.6 Å². The maximum atomic E-state index is 8.61. The second kappa shape index (κ2) is 7.65. The Bertz CT molecular complexity index is 708. The molecule has 104 valence electrons. The van der Waals surface area contributed by atoms with E-state index in [1.165, 1.54) is 17.5 Å². The molecule has 1 heterocycles. The van der Waals surface area contributed by atoms with E-state index < -0.39 is 0 Å². The molecule has 0 amide bonds. The van der Waals surface area contributed by atoms with Gasteiger partial charge in [0, 0.05) is 17.0 Å². The average molecular weight is 334 g/mol. The third kappa shape index (κ3) is 4.76. The third-order valence-electron chi connectivity index (χ3n) is 2.26. The van der Waals surface area contributed by atoms with E-state index in [1.807, 2.05) is 24.3 Å². The first kappa shape index (κ1) is 15.3. The Morgan fingerprint density at radius 2 is 2.00 bits per heavy atom. The lowest BCUT2D eigenvalue weighted by molar-refractivity contribution is 1.01. The van der Waals surface area contributed by atoms with Gasteiger partial charge in [-0.05, 0) is 17.7 Å². The number of nitrogens with one attached hydrogen (secondary N) is 1. The van der Waals surface area contributed by atoms with Crippen molar-refractivity contribution >= 4 is 39.8 Å². The van der Waals surface area contributed by atoms with Crippen molar-refractivity contribution in [1.82, 2.24) is 10.2 Å². The number of halogens is 1. The summed E-state index contributed by atoms with van der Waals surface area (Å²) < 4.78 is 0.802. The summed E-state index contributed by atoms with van der Waals surface area (Å²) in [6.45, 7) is 0. The Balaban J connectivity index is 1.92. The first-order valence-electron chi connectivity index (χ1n) is 5.69. The Hall–Kier alpha value is -2.06. The van der Waals surface area contributed by atoms with Gasteiger partial charge in [-0.15, -0.1) is 10.2 Å². The zero-order valence-electron chi connectivity index (χ0n) is 10.6. The van der Waals surface area contributed by atoms with Gasteiger partial charge in [-0.3, -0.25) is 0 Å². The van der Waals surface area contributed by atoms with E-state index >= 15 is 0 Å². The van der Waals surface area contributed by atoms with Crippen molar-refractivity contribution in [2.45, 2.75) is 10.1 Å². The van der Waals surface area contributed by atoms with Crippen molar-refractivity contribution in [3.63, 3.8) is 0 Å². The van der Waals surface area contributed by atoms with Gasteiger partial charge in [0.1, 0.15) is 17.7 Å². The molecule has 0 atom stereocenters. The normalized spacial score (nSPS) is 9.48. The van der Waals surface area contributed by atoms with Crippen molar-refractivity contribution < 1.29 is 0 Å². The number of hydrogen-bond donors (Lipinski definition) is 1. The number of rotatable bonds is 5. The molecule has 8 heteroatoms. The number of hydrogen-bond acceptors (Lipinski definition) is 7. The molecular weight excluding hydrogens is 326 g/mol. The first-order chi connectivity index (χ1) is 10.2. The topological polar surface area (TPSA) is 85.4 Å². The molecule has 2 rings (SSSR count). The highest BCUT2D eigenvalue weighted by Gasteiger charge is 2.04. The molecule has 0 radical (unpaired) electrons. The minimum atomic E-state index is -0.0134. The molecule has 0 aliphatic carbocycles. The fourth-order valence-electron chi connectivity index (χ4n) is 1.28. The molecule has 0 saturated carbocycles. The molecule has 0 fully saturated rings. The van der Waals surface area contributed by atoms with Crippen LogP contribution in [0.15, 0.2) is 40.4 Å². The zero-order valence-corrected chi connectivity index (χ0v) is 13.0. The monoisotopic (exact) mass is 333 g/mol. The molecule has 0 aliphatic heterocycles. The van der Waals surface area contributed by atoms with Gasteiger partial charge in [0.05, 0.1) is 0 Å². The lowest BCUT2D eigenvalue weighted by atomic mass is 10.2. The van der Waals surface area contributed by atoms with E-state index in [4.69, 9.17) is 22.1 Å². The van der Waals surface area contributed by atoms with Crippen LogP contribution in [0.3, 0.4) is 0 Å². The molecule has 0 saturated heterocycles. The number of thioether (sulfide) groups is 1. The minimum Gasteiger partial charge on any atom is -0.335 e. The number of nitriles is 2. The van der Waals surface area contributed by atoms with E-state index in [9.17, 15) is 0 Å². The van der Waals surface area contributed by atoms with Crippen LogP contribution >= 0.6 is 34.7 Å². The number of allylic oxidation sites excluding steroid dienone is 1.